The Morgan fingerprint density at radius 2 is 1.90 bits per heavy atom. The number of phenols is 1. The minimum Gasteiger partial charge on any atom is -0.502 e. The Labute approximate surface area is 170 Å². The van der Waals surface area contributed by atoms with Crippen molar-refractivity contribution in [3.05, 3.63) is 34.2 Å². The predicted octanol–water partition coefficient (Wildman–Crippen LogP) is -0.603. The van der Waals surface area contributed by atoms with Gasteiger partial charge in [0.1, 0.15) is 36.1 Å². The van der Waals surface area contributed by atoms with E-state index in [4.69, 9.17) is 18.6 Å². The molecule has 10 nitrogen and oxygen atoms in total. The van der Waals surface area contributed by atoms with Crippen LogP contribution in [-0.4, -0.2) is 74.6 Å². The van der Waals surface area contributed by atoms with Gasteiger partial charge in [0.05, 0.1) is 6.61 Å². The zero-order valence-corrected chi connectivity index (χ0v) is 16.4. The van der Waals surface area contributed by atoms with Crippen LogP contribution in [0.15, 0.2) is 27.4 Å². The molecular weight excluding hydrogens is 400 g/mol. The van der Waals surface area contributed by atoms with Gasteiger partial charge in [-0.05, 0) is 26.0 Å². The van der Waals surface area contributed by atoms with Gasteiger partial charge in [-0.2, -0.15) is 0 Å². The Kier molecular flexibility index (Phi) is 5.25. The van der Waals surface area contributed by atoms with Crippen LogP contribution in [-0.2, 0) is 15.9 Å². The second-order valence-electron chi connectivity index (χ2n) is 8.12. The van der Waals surface area contributed by atoms with Gasteiger partial charge in [-0.3, -0.25) is 0 Å². The molecule has 0 radical (unpaired) electrons. The fourth-order valence-corrected chi connectivity index (χ4v) is 3.83. The van der Waals surface area contributed by atoms with E-state index in [1.807, 2.05) is 0 Å². The molecule has 30 heavy (non-hydrogen) atoms. The molecule has 0 amide bonds. The number of benzene rings is 1. The van der Waals surface area contributed by atoms with Crippen LogP contribution in [0.1, 0.15) is 19.4 Å². The maximum Gasteiger partial charge on any atom is 0.336 e. The molecule has 5 N–H and O–H groups in total. The van der Waals surface area contributed by atoms with Crippen molar-refractivity contribution in [1.29, 1.82) is 0 Å². The van der Waals surface area contributed by atoms with Crippen molar-refractivity contribution in [2.45, 2.75) is 62.7 Å². The van der Waals surface area contributed by atoms with Crippen molar-refractivity contribution in [2.24, 2.45) is 0 Å². The lowest BCUT2D eigenvalue weighted by molar-refractivity contribution is -0.329. The number of hydrogen-bond donors (Lipinski definition) is 5. The molecule has 0 aliphatic carbocycles. The second-order valence-corrected chi connectivity index (χ2v) is 8.12. The Morgan fingerprint density at radius 3 is 2.60 bits per heavy atom. The predicted molar refractivity (Wildman–Crippen MR) is 101 cm³/mol. The molecule has 0 bridgehead atoms. The van der Waals surface area contributed by atoms with E-state index in [9.17, 15) is 30.3 Å². The fourth-order valence-electron chi connectivity index (χ4n) is 3.83. The van der Waals surface area contributed by atoms with Gasteiger partial charge in [0.15, 0.2) is 17.6 Å². The van der Waals surface area contributed by atoms with Gasteiger partial charge in [0, 0.05) is 23.4 Å². The lowest BCUT2D eigenvalue weighted by atomic mass is 9.95. The highest BCUT2D eigenvalue weighted by Crippen LogP contribution is 2.45. The maximum atomic E-state index is 11.5. The molecule has 0 saturated carbocycles. The summed E-state index contributed by atoms with van der Waals surface area (Å²) < 4.78 is 22.3. The summed E-state index contributed by atoms with van der Waals surface area (Å²) in [5.41, 5.74) is -0.968. The number of aliphatic hydroxyl groups excluding tert-OH is 4. The number of fused-ring (bicyclic) bond motifs is 2. The Hall–Kier alpha value is -2.21. The summed E-state index contributed by atoms with van der Waals surface area (Å²) in [6, 6.07) is 4.55. The summed E-state index contributed by atoms with van der Waals surface area (Å²) in [6.07, 6.45) is -7.28. The van der Waals surface area contributed by atoms with Crippen molar-refractivity contribution in [1.82, 2.24) is 0 Å². The largest absolute Gasteiger partial charge is 0.502 e. The minimum atomic E-state index is -1.56. The summed E-state index contributed by atoms with van der Waals surface area (Å²) in [4.78, 5) is 11.5. The van der Waals surface area contributed by atoms with Crippen LogP contribution in [0, 0.1) is 0 Å². The van der Waals surface area contributed by atoms with Gasteiger partial charge >= 0.3 is 5.63 Å². The van der Waals surface area contributed by atoms with Crippen LogP contribution in [0.2, 0.25) is 0 Å². The van der Waals surface area contributed by atoms with Gasteiger partial charge in [-0.15, -0.1) is 0 Å². The molecule has 3 heterocycles. The first-order chi connectivity index (χ1) is 14.1. The minimum absolute atomic E-state index is 0.0227. The average Bonchev–Trinajstić information content (AvgIpc) is 3.14. The molecule has 4 rings (SSSR count). The highest BCUT2D eigenvalue weighted by Gasteiger charge is 2.48. The van der Waals surface area contributed by atoms with Crippen molar-refractivity contribution in [2.75, 3.05) is 6.61 Å². The molecule has 1 saturated heterocycles. The van der Waals surface area contributed by atoms with Gasteiger partial charge in [-0.1, -0.05) is 0 Å². The normalized spacial score (nSPS) is 31.5. The number of ether oxygens (including phenoxy) is 3. The summed E-state index contributed by atoms with van der Waals surface area (Å²) in [7, 11) is 0. The van der Waals surface area contributed by atoms with Crippen molar-refractivity contribution in [3.8, 4) is 11.5 Å². The first-order valence-corrected chi connectivity index (χ1v) is 9.56. The molecule has 10 heteroatoms. The summed E-state index contributed by atoms with van der Waals surface area (Å²) >= 11 is 0. The molecule has 6 atom stereocenters. The maximum absolute atomic E-state index is 11.5. The Bertz CT molecular complexity index is 997. The number of phenolic OH excluding ortho intramolecular Hbond substituents is 1. The molecule has 164 valence electrons. The van der Waals surface area contributed by atoms with Crippen LogP contribution in [0.5, 0.6) is 11.5 Å². The first-order valence-electron chi connectivity index (χ1n) is 9.56. The number of aliphatic hydroxyl groups is 4. The van der Waals surface area contributed by atoms with Crippen LogP contribution in [0.3, 0.4) is 0 Å². The van der Waals surface area contributed by atoms with Gasteiger partial charge in [0.2, 0.25) is 5.75 Å². The summed E-state index contributed by atoms with van der Waals surface area (Å²) in [6.45, 7) is 2.80. The SMILES string of the molecule is CC(C)(O[C@@H]1O[C@H](CO)[C@@H](O)[C@H](O)[C@H]1O)[C@H]1Cc2cc3ccc(=O)oc3c(O)c2O1. The second kappa shape index (κ2) is 7.49. The topological polar surface area (TPSA) is 159 Å². The van der Waals surface area contributed by atoms with Gasteiger partial charge in [-0.25, -0.2) is 4.79 Å². The van der Waals surface area contributed by atoms with E-state index in [0.717, 1.165) is 0 Å². The lowest BCUT2D eigenvalue weighted by Crippen LogP contribution is -2.61. The van der Waals surface area contributed by atoms with Crippen molar-refractivity contribution < 1.29 is 44.2 Å². The highest BCUT2D eigenvalue weighted by molar-refractivity contribution is 5.86. The summed E-state index contributed by atoms with van der Waals surface area (Å²) in [5, 5.41) is 50.5. The number of hydrogen-bond acceptors (Lipinski definition) is 10. The van der Waals surface area contributed by atoms with E-state index < -0.39 is 54.6 Å². The van der Waals surface area contributed by atoms with Gasteiger partial charge in [0.25, 0.3) is 0 Å². The average molecular weight is 424 g/mol. The van der Waals surface area contributed by atoms with Crippen LogP contribution < -0.4 is 10.4 Å². The van der Waals surface area contributed by atoms with E-state index in [1.165, 1.54) is 6.07 Å². The molecule has 2 aliphatic heterocycles. The van der Waals surface area contributed by atoms with Crippen molar-refractivity contribution >= 4 is 11.0 Å². The van der Waals surface area contributed by atoms with E-state index in [-0.39, 0.29) is 17.1 Å². The Morgan fingerprint density at radius 1 is 1.17 bits per heavy atom. The third-order valence-corrected chi connectivity index (χ3v) is 5.62. The molecule has 0 spiro atoms. The lowest BCUT2D eigenvalue weighted by Gasteiger charge is -2.43. The third kappa shape index (κ3) is 3.45. The highest BCUT2D eigenvalue weighted by atomic mass is 16.7. The van der Waals surface area contributed by atoms with Gasteiger partial charge < -0.3 is 44.2 Å². The van der Waals surface area contributed by atoms with E-state index in [2.05, 4.69) is 0 Å². The zero-order chi connectivity index (χ0) is 21.8. The zero-order valence-electron chi connectivity index (χ0n) is 16.4. The van der Waals surface area contributed by atoms with Crippen LogP contribution >= 0.6 is 0 Å². The molecule has 1 aromatic heterocycles. The van der Waals surface area contributed by atoms with Crippen LogP contribution in [0.25, 0.3) is 11.0 Å². The Balaban J connectivity index is 1.57. The molecular formula is C20H24O10. The standard InChI is InChI=1S/C20H24O10/c1-20(2,30-19-15(25)14(24)13(23)10(7-21)27-19)11-6-9-5-8-3-4-12(22)29-17(8)16(26)18(9)28-11/h3-5,10-11,13-15,19,21,23-26H,6-7H2,1-2H3/t10-,11-,13-,14+,15-,19+/m1/s1. The first kappa shape index (κ1) is 21.0. The van der Waals surface area contributed by atoms with Crippen molar-refractivity contribution in [3.63, 3.8) is 0 Å². The molecule has 2 aromatic rings. The molecule has 1 aromatic carbocycles. The number of rotatable bonds is 4. The molecule has 1 fully saturated rings. The van der Waals surface area contributed by atoms with Crippen LogP contribution in [0.4, 0.5) is 0 Å². The molecule has 0 unspecified atom stereocenters. The quantitative estimate of drug-likeness (QED) is 0.401. The van der Waals surface area contributed by atoms with E-state index in [1.54, 1.807) is 26.0 Å². The van der Waals surface area contributed by atoms with E-state index >= 15 is 0 Å². The third-order valence-electron chi connectivity index (χ3n) is 5.62. The molecule has 2 aliphatic rings. The smallest absolute Gasteiger partial charge is 0.336 e. The monoisotopic (exact) mass is 424 g/mol. The fraction of sp³-hybridized carbons (Fsp3) is 0.550. The summed E-state index contributed by atoms with van der Waals surface area (Å²) in [5.74, 6) is -0.112. The number of aromatic hydroxyl groups is 1. The van der Waals surface area contributed by atoms with E-state index in [0.29, 0.717) is 17.4 Å².